The number of anilines is 1. The zero-order valence-corrected chi connectivity index (χ0v) is 18.7. The molecule has 1 aromatic carbocycles. The van der Waals surface area contributed by atoms with Crippen LogP contribution in [0.25, 0.3) is 5.82 Å². The Morgan fingerprint density at radius 1 is 0.938 bits per heavy atom. The topological polar surface area (TPSA) is 85.6 Å². The smallest absolute Gasteiger partial charge is 0.254 e. The van der Waals surface area contributed by atoms with Crippen molar-refractivity contribution in [1.29, 1.82) is 0 Å². The van der Waals surface area contributed by atoms with E-state index in [2.05, 4.69) is 19.9 Å². The minimum absolute atomic E-state index is 0.00827. The van der Waals surface area contributed by atoms with Crippen molar-refractivity contribution in [1.82, 2.24) is 24.4 Å². The lowest BCUT2D eigenvalue weighted by atomic mass is 10.1. The van der Waals surface area contributed by atoms with Gasteiger partial charge in [-0.1, -0.05) is 0 Å². The summed E-state index contributed by atoms with van der Waals surface area (Å²) in [7, 11) is 0. The zero-order valence-electron chi connectivity index (χ0n) is 18.7. The normalized spacial score (nSPS) is 13.8. The zero-order chi connectivity index (χ0) is 22.5. The molecule has 1 saturated heterocycles. The quantitative estimate of drug-likeness (QED) is 0.563. The highest BCUT2D eigenvalue weighted by molar-refractivity contribution is 5.95. The number of amides is 1. The molecular weight excluding hydrogens is 408 g/mol. The lowest BCUT2D eigenvalue weighted by Gasteiger charge is -2.35. The van der Waals surface area contributed by atoms with Crippen LogP contribution in [0.3, 0.4) is 0 Å². The molecule has 0 bridgehead atoms. The minimum Gasteiger partial charge on any atom is -0.490 e. The number of benzene rings is 1. The van der Waals surface area contributed by atoms with E-state index in [9.17, 15) is 4.79 Å². The lowest BCUT2D eigenvalue weighted by Crippen LogP contribution is -2.49. The molecule has 3 heterocycles. The summed E-state index contributed by atoms with van der Waals surface area (Å²) < 4.78 is 13.2. The Kier molecular flexibility index (Phi) is 6.53. The van der Waals surface area contributed by atoms with Crippen LogP contribution >= 0.6 is 0 Å². The van der Waals surface area contributed by atoms with E-state index >= 15 is 0 Å². The van der Waals surface area contributed by atoms with Gasteiger partial charge in [0, 0.05) is 50.2 Å². The second-order valence-corrected chi connectivity index (χ2v) is 7.39. The number of piperazine rings is 1. The van der Waals surface area contributed by atoms with Crippen molar-refractivity contribution in [3.63, 3.8) is 0 Å². The molecule has 1 aliphatic rings. The van der Waals surface area contributed by atoms with Gasteiger partial charge >= 0.3 is 0 Å². The first-order valence-electron chi connectivity index (χ1n) is 10.9. The van der Waals surface area contributed by atoms with Gasteiger partial charge in [-0.15, -0.1) is 0 Å². The van der Waals surface area contributed by atoms with Crippen molar-refractivity contribution in [2.24, 2.45) is 0 Å². The number of rotatable bonds is 7. The van der Waals surface area contributed by atoms with E-state index in [4.69, 9.17) is 9.47 Å². The average Bonchev–Trinajstić information content (AvgIpc) is 3.26. The molecule has 0 unspecified atom stereocenters. The number of ether oxygens (including phenoxy) is 2. The molecule has 168 valence electrons. The molecule has 1 amide bonds. The van der Waals surface area contributed by atoms with Crippen LogP contribution in [0.5, 0.6) is 11.5 Å². The number of hydrogen-bond acceptors (Lipinski definition) is 7. The first kappa shape index (κ1) is 21.6. The van der Waals surface area contributed by atoms with Crippen LogP contribution in [-0.4, -0.2) is 69.7 Å². The first-order chi connectivity index (χ1) is 15.6. The summed E-state index contributed by atoms with van der Waals surface area (Å²) in [6.45, 7) is 9.43. The third kappa shape index (κ3) is 4.51. The summed E-state index contributed by atoms with van der Waals surface area (Å²) in [6.07, 6.45) is 5.20. The van der Waals surface area contributed by atoms with E-state index in [1.165, 1.54) is 0 Å². The molecule has 9 nitrogen and oxygen atoms in total. The highest BCUT2D eigenvalue weighted by atomic mass is 16.5. The van der Waals surface area contributed by atoms with Crippen LogP contribution < -0.4 is 14.4 Å². The van der Waals surface area contributed by atoms with Gasteiger partial charge in [-0.05, 0) is 39.0 Å². The van der Waals surface area contributed by atoms with Crippen molar-refractivity contribution >= 4 is 11.7 Å². The Balaban J connectivity index is 1.43. The fourth-order valence-electron chi connectivity index (χ4n) is 3.77. The molecule has 9 heteroatoms. The number of hydrogen-bond donors (Lipinski definition) is 0. The number of imidazole rings is 1. The molecule has 2 aromatic heterocycles. The summed E-state index contributed by atoms with van der Waals surface area (Å²) in [5, 5.41) is 0. The fourth-order valence-corrected chi connectivity index (χ4v) is 3.77. The second kappa shape index (κ2) is 9.67. The summed E-state index contributed by atoms with van der Waals surface area (Å²) in [4.78, 5) is 30.2. The summed E-state index contributed by atoms with van der Waals surface area (Å²) in [5.41, 5.74) is 0.602. The molecule has 32 heavy (non-hydrogen) atoms. The maximum absolute atomic E-state index is 13.1. The molecule has 0 N–H and O–H groups in total. The monoisotopic (exact) mass is 436 g/mol. The molecular formula is C23H28N6O3. The highest BCUT2D eigenvalue weighted by Crippen LogP contribution is 2.29. The molecule has 0 aliphatic carbocycles. The van der Waals surface area contributed by atoms with Crippen LogP contribution in [0.4, 0.5) is 5.82 Å². The number of carbonyl (C=O) groups excluding carboxylic acids is 1. The maximum Gasteiger partial charge on any atom is 0.254 e. The molecule has 3 aromatic rings. The van der Waals surface area contributed by atoms with E-state index in [-0.39, 0.29) is 5.91 Å². The van der Waals surface area contributed by atoms with Crippen LogP contribution in [-0.2, 0) is 0 Å². The van der Waals surface area contributed by atoms with Gasteiger partial charge < -0.3 is 19.3 Å². The Morgan fingerprint density at radius 3 is 2.34 bits per heavy atom. The summed E-state index contributed by atoms with van der Waals surface area (Å²) in [6, 6.07) is 7.32. The number of carbonyl (C=O) groups is 1. The Bertz CT molecular complexity index is 1080. The largest absolute Gasteiger partial charge is 0.490 e. The molecule has 0 radical (unpaired) electrons. The first-order valence-corrected chi connectivity index (χ1v) is 10.9. The Labute approximate surface area is 187 Å². The second-order valence-electron chi connectivity index (χ2n) is 7.39. The van der Waals surface area contributed by atoms with Crippen molar-refractivity contribution < 1.29 is 14.3 Å². The van der Waals surface area contributed by atoms with Crippen molar-refractivity contribution in [2.45, 2.75) is 20.8 Å². The SMILES string of the molecule is CCOc1ccc(C(=O)N2CCN(c3cc(-n4ccnc4C)ncn3)CC2)cc1OCC. The Hall–Kier alpha value is -3.62. The van der Waals surface area contributed by atoms with Gasteiger partial charge in [0.15, 0.2) is 11.5 Å². The summed E-state index contributed by atoms with van der Waals surface area (Å²) >= 11 is 0. The van der Waals surface area contributed by atoms with E-state index in [1.807, 2.05) is 42.5 Å². The third-order valence-electron chi connectivity index (χ3n) is 5.39. The van der Waals surface area contributed by atoms with E-state index in [0.717, 1.165) is 17.5 Å². The van der Waals surface area contributed by atoms with Gasteiger partial charge in [0.1, 0.15) is 23.8 Å². The van der Waals surface area contributed by atoms with E-state index < -0.39 is 0 Å². The Morgan fingerprint density at radius 2 is 1.66 bits per heavy atom. The van der Waals surface area contributed by atoms with Gasteiger partial charge in [-0.3, -0.25) is 9.36 Å². The number of aromatic nitrogens is 4. The predicted molar refractivity (Wildman–Crippen MR) is 121 cm³/mol. The van der Waals surface area contributed by atoms with Crippen molar-refractivity contribution in [3.05, 3.63) is 54.4 Å². The van der Waals surface area contributed by atoms with Gasteiger partial charge in [-0.25, -0.2) is 15.0 Å². The van der Waals surface area contributed by atoms with Crippen LogP contribution in [0.1, 0.15) is 30.0 Å². The summed E-state index contributed by atoms with van der Waals surface area (Å²) in [5.74, 6) is 3.74. The van der Waals surface area contributed by atoms with Crippen LogP contribution in [0.15, 0.2) is 43.0 Å². The van der Waals surface area contributed by atoms with Gasteiger partial charge in [-0.2, -0.15) is 0 Å². The number of nitrogens with zero attached hydrogens (tertiary/aromatic N) is 6. The van der Waals surface area contributed by atoms with Gasteiger partial charge in [0.05, 0.1) is 13.2 Å². The molecule has 0 atom stereocenters. The van der Waals surface area contributed by atoms with Crippen molar-refractivity contribution in [3.8, 4) is 17.3 Å². The molecule has 1 fully saturated rings. The lowest BCUT2D eigenvalue weighted by molar-refractivity contribution is 0.0746. The van der Waals surface area contributed by atoms with Crippen LogP contribution in [0, 0.1) is 6.92 Å². The average molecular weight is 437 g/mol. The predicted octanol–water partition coefficient (Wildman–Crippen LogP) is 2.73. The van der Waals surface area contributed by atoms with Gasteiger partial charge in [0.25, 0.3) is 5.91 Å². The maximum atomic E-state index is 13.1. The molecule has 0 spiro atoms. The number of aryl methyl sites for hydroxylation is 1. The van der Waals surface area contributed by atoms with Crippen LogP contribution in [0.2, 0.25) is 0 Å². The highest BCUT2D eigenvalue weighted by Gasteiger charge is 2.24. The van der Waals surface area contributed by atoms with E-state index in [0.29, 0.717) is 56.5 Å². The van der Waals surface area contributed by atoms with Crippen molar-refractivity contribution in [2.75, 3.05) is 44.3 Å². The fraction of sp³-hybridized carbons (Fsp3) is 0.391. The van der Waals surface area contributed by atoms with Gasteiger partial charge in [0.2, 0.25) is 0 Å². The molecule has 0 saturated carbocycles. The third-order valence-corrected chi connectivity index (χ3v) is 5.39. The van der Waals surface area contributed by atoms with E-state index in [1.54, 1.807) is 30.7 Å². The molecule has 4 rings (SSSR count). The molecule has 1 aliphatic heterocycles. The minimum atomic E-state index is -0.00827. The standard InChI is InChI=1S/C23H28N6O3/c1-4-31-19-7-6-18(14-20(19)32-5-2)23(30)28-12-10-27(11-13-28)21-15-22(26-16-25-21)29-9-8-24-17(29)3/h6-9,14-16H,4-5,10-13H2,1-3H3.